The normalized spacial score (nSPS) is 11.4. The molecule has 0 atom stereocenters. The second-order valence-electron chi connectivity index (χ2n) is 4.72. The minimum absolute atomic E-state index is 0.0416. The molecule has 1 rings (SSSR count). The summed E-state index contributed by atoms with van der Waals surface area (Å²) < 4.78 is 23.5. The molecule has 0 saturated heterocycles. The number of aryl methyl sites for hydroxylation is 1. The molecule has 0 spiro atoms. The van der Waals surface area contributed by atoms with Gasteiger partial charge in [-0.15, -0.1) is 0 Å². The molecule has 0 bridgehead atoms. The van der Waals surface area contributed by atoms with Gasteiger partial charge < -0.3 is 14.4 Å². The monoisotopic (exact) mass is 347 g/mol. The first-order valence-corrected chi connectivity index (χ1v) is 8.99. The van der Waals surface area contributed by atoms with Crippen molar-refractivity contribution in [2.45, 2.75) is 27.3 Å². The van der Waals surface area contributed by atoms with Crippen molar-refractivity contribution in [1.29, 1.82) is 0 Å². The van der Waals surface area contributed by atoms with Gasteiger partial charge in [0.25, 0.3) is 5.56 Å². The van der Waals surface area contributed by atoms with Gasteiger partial charge in [0.1, 0.15) is 6.54 Å². The molecule has 0 unspecified atom stereocenters. The molecule has 1 amide bonds. The highest BCUT2D eigenvalue weighted by molar-refractivity contribution is 7.53. The van der Waals surface area contributed by atoms with Gasteiger partial charge in [0.15, 0.2) is 0 Å². The van der Waals surface area contributed by atoms with E-state index in [-0.39, 0.29) is 32.5 Å². The predicted molar refractivity (Wildman–Crippen MR) is 84.8 cm³/mol. The zero-order chi connectivity index (χ0) is 17.5. The number of nitrogens with zero attached hydrogens (tertiary/aromatic N) is 1. The molecule has 0 saturated carbocycles. The molecule has 1 heterocycles. The third kappa shape index (κ3) is 6.13. The van der Waals surface area contributed by atoms with Gasteiger partial charge in [-0.1, -0.05) is 0 Å². The Morgan fingerprint density at radius 3 is 2.48 bits per heavy atom. The van der Waals surface area contributed by atoms with Crippen LogP contribution >= 0.6 is 7.60 Å². The molecule has 0 aliphatic rings. The molecule has 23 heavy (non-hydrogen) atoms. The summed E-state index contributed by atoms with van der Waals surface area (Å²) in [5, 5.41) is 2.54. The maximum atomic E-state index is 12.2. The Morgan fingerprint density at radius 2 is 1.91 bits per heavy atom. The quantitative estimate of drug-likeness (QED) is 0.617. The van der Waals surface area contributed by atoms with Crippen LogP contribution in [0, 0.1) is 6.92 Å². The largest absolute Gasteiger partial charge is 0.354 e. The number of rotatable bonds is 9. The summed E-state index contributed by atoms with van der Waals surface area (Å²) in [6, 6.07) is 0. The third-order valence-electron chi connectivity index (χ3n) is 2.86. The number of carbonyl (C=O) groups is 1. The average Bonchev–Trinajstić information content (AvgIpc) is 2.45. The summed E-state index contributed by atoms with van der Waals surface area (Å²) in [5.74, 6) is -0.446. The fourth-order valence-corrected chi connectivity index (χ4v) is 3.34. The fourth-order valence-electron chi connectivity index (χ4n) is 1.84. The number of hydrogen-bond acceptors (Lipinski definition) is 6. The van der Waals surface area contributed by atoms with Crippen molar-refractivity contribution in [3.8, 4) is 0 Å². The summed E-state index contributed by atoms with van der Waals surface area (Å²) in [6.45, 7) is 5.28. The van der Waals surface area contributed by atoms with Gasteiger partial charge in [0, 0.05) is 18.3 Å². The zero-order valence-electron chi connectivity index (χ0n) is 13.5. The van der Waals surface area contributed by atoms with Gasteiger partial charge in [-0.05, 0) is 20.8 Å². The van der Waals surface area contributed by atoms with E-state index in [0.29, 0.717) is 5.56 Å². The average molecular weight is 347 g/mol. The van der Waals surface area contributed by atoms with Crippen molar-refractivity contribution in [1.82, 2.24) is 14.9 Å². The smallest absolute Gasteiger partial charge is 0.332 e. The Labute approximate surface area is 133 Å². The summed E-state index contributed by atoms with van der Waals surface area (Å²) in [6.07, 6.45) is 1.35. The van der Waals surface area contributed by atoms with Crippen molar-refractivity contribution in [2.24, 2.45) is 0 Å². The van der Waals surface area contributed by atoms with E-state index in [0.717, 1.165) is 4.57 Å². The van der Waals surface area contributed by atoms with Crippen LogP contribution < -0.4 is 16.6 Å². The summed E-state index contributed by atoms with van der Waals surface area (Å²) in [4.78, 5) is 36.8. The molecule has 0 radical (unpaired) electrons. The van der Waals surface area contributed by atoms with Crippen molar-refractivity contribution in [3.63, 3.8) is 0 Å². The molecular weight excluding hydrogens is 325 g/mol. The molecule has 1 aromatic rings. The van der Waals surface area contributed by atoms with E-state index in [1.165, 1.54) is 13.1 Å². The highest BCUT2D eigenvalue weighted by atomic mass is 31.2. The van der Waals surface area contributed by atoms with E-state index < -0.39 is 24.8 Å². The maximum absolute atomic E-state index is 12.2. The molecule has 0 fully saturated rings. The minimum Gasteiger partial charge on any atom is -0.354 e. The van der Waals surface area contributed by atoms with Gasteiger partial charge in [0.2, 0.25) is 5.91 Å². The number of aromatic nitrogens is 2. The first kappa shape index (κ1) is 19.3. The number of amides is 1. The van der Waals surface area contributed by atoms with E-state index >= 15 is 0 Å². The first-order valence-electron chi connectivity index (χ1n) is 7.26. The molecule has 0 aliphatic carbocycles. The van der Waals surface area contributed by atoms with Crippen molar-refractivity contribution in [3.05, 3.63) is 32.6 Å². The molecular formula is C13H22N3O6P. The highest BCUT2D eigenvalue weighted by Gasteiger charge is 2.23. The lowest BCUT2D eigenvalue weighted by Gasteiger charge is -2.17. The van der Waals surface area contributed by atoms with Crippen LogP contribution in [0.25, 0.3) is 0 Å². The number of aromatic amines is 1. The van der Waals surface area contributed by atoms with Gasteiger partial charge in [0.05, 0.1) is 19.4 Å². The van der Waals surface area contributed by atoms with Crippen LogP contribution in [-0.4, -0.2) is 41.4 Å². The van der Waals surface area contributed by atoms with E-state index in [1.807, 2.05) is 0 Å². The molecule has 1 aromatic heterocycles. The SMILES string of the molecule is CCOP(=O)(CCNC(=O)Cn1cc(C)c(=O)[nH]c1=O)OCC. The van der Waals surface area contributed by atoms with Gasteiger partial charge in [-0.25, -0.2) is 4.79 Å². The third-order valence-corrected chi connectivity index (χ3v) is 4.94. The van der Waals surface area contributed by atoms with E-state index in [2.05, 4.69) is 10.3 Å². The number of nitrogens with one attached hydrogen (secondary N) is 2. The molecule has 9 nitrogen and oxygen atoms in total. The number of carbonyl (C=O) groups excluding carboxylic acids is 1. The first-order chi connectivity index (χ1) is 10.8. The van der Waals surface area contributed by atoms with Crippen LogP contribution in [0.15, 0.2) is 15.8 Å². The lowest BCUT2D eigenvalue weighted by molar-refractivity contribution is -0.121. The fraction of sp³-hybridized carbons (Fsp3) is 0.615. The molecule has 10 heteroatoms. The number of hydrogen-bond donors (Lipinski definition) is 2. The van der Waals surface area contributed by atoms with Crippen LogP contribution in [-0.2, 0) is 25.0 Å². The molecule has 130 valence electrons. The lowest BCUT2D eigenvalue weighted by Crippen LogP contribution is -2.37. The van der Waals surface area contributed by atoms with Crippen LogP contribution in [0.1, 0.15) is 19.4 Å². The van der Waals surface area contributed by atoms with Crippen molar-refractivity contribution in [2.75, 3.05) is 25.9 Å². The summed E-state index contributed by atoms with van der Waals surface area (Å²) >= 11 is 0. The second kappa shape index (κ2) is 8.81. The molecule has 0 aliphatic heterocycles. The topological polar surface area (TPSA) is 119 Å². The Bertz CT molecular complexity index is 686. The van der Waals surface area contributed by atoms with Crippen molar-refractivity contribution >= 4 is 13.5 Å². The zero-order valence-corrected chi connectivity index (χ0v) is 14.4. The number of H-pyrrole nitrogens is 1. The van der Waals surface area contributed by atoms with Crippen LogP contribution in [0.3, 0.4) is 0 Å². The van der Waals surface area contributed by atoms with Crippen LogP contribution in [0.2, 0.25) is 0 Å². The Hall–Kier alpha value is -1.70. The van der Waals surface area contributed by atoms with Crippen LogP contribution in [0.5, 0.6) is 0 Å². The van der Waals surface area contributed by atoms with E-state index in [9.17, 15) is 18.9 Å². The van der Waals surface area contributed by atoms with E-state index in [4.69, 9.17) is 9.05 Å². The summed E-state index contributed by atoms with van der Waals surface area (Å²) in [5.41, 5.74) is -0.819. The molecule has 0 aromatic carbocycles. The molecule has 2 N–H and O–H groups in total. The van der Waals surface area contributed by atoms with Gasteiger partial charge >= 0.3 is 13.3 Å². The minimum atomic E-state index is -3.21. The lowest BCUT2D eigenvalue weighted by atomic mass is 10.4. The van der Waals surface area contributed by atoms with Gasteiger partial charge in [-0.3, -0.25) is 23.7 Å². The Kier molecular flexibility index (Phi) is 7.41. The second-order valence-corrected chi connectivity index (χ2v) is 6.90. The highest BCUT2D eigenvalue weighted by Crippen LogP contribution is 2.47. The van der Waals surface area contributed by atoms with Gasteiger partial charge in [-0.2, -0.15) is 0 Å². The standard InChI is InChI=1S/C13H22N3O6P/c1-4-21-23(20,22-5-2)7-6-14-11(17)9-16-8-10(3)12(18)15-13(16)19/h8H,4-7,9H2,1-3H3,(H,14,17)(H,15,18,19). The van der Waals surface area contributed by atoms with E-state index in [1.54, 1.807) is 13.8 Å². The Morgan fingerprint density at radius 1 is 1.30 bits per heavy atom. The maximum Gasteiger partial charge on any atom is 0.332 e. The Balaban J connectivity index is 2.58. The van der Waals surface area contributed by atoms with Crippen LogP contribution in [0.4, 0.5) is 0 Å². The predicted octanol–water partition coefficient (Wildman–Crippen LogP) is 0.227. The van der Waals surface area contributed by atoms with Crippen molar-refractivity contribution < 1.29 is 18.4 Å². The summed E-state index contributed by atoms with van der Waals surface area (Å²) in [7, 11) is -3.21.